The molecule has 5 nitrogen and oxygen atoms in total. The fourth-order valence-electron chi connectivity index (χ4n) is 0.819. The number of hydrogen-bond acceptors (Lipinski definition) is 5. The molecule has 1 atom stereocenters. The largest absolute Gasteiger partial charge is 0.392 e. The molecule has 1 aromatic heterocycles. The molecule has 0 amide bonds. The Morgan fingerprint density at radius 3 is 3.08 bits per heavy atom. The number of thiophene rings is 1. The summed E-state index contributed by atoms with van der Waals surface area (Å²) in [5.74, 6) is 0. The van der Waals surface area contributed by atoms with Crippen molar-refractivity contribution in [3.8, 4) is 0 Å². The van der Waals surface area contributed by atoms with E-state index in [1.807, 2.05) is 0 Å². The lowest BCUT2D eigenvalue weighted by Crippen LogP contribution is -2.15. The summed E-state index contributed by atoms with van der Waals surface area (Å²) >= 11 is 1.26. The molecule has 0 fully saturated rings. The summed E-state index contributed by atoms with van der Waals surface area (Å²) < 4.78 is 0. The molecule has 0 unspecified atom stereocenters. The first-order valence-corrected chi connectivity index (χ1v) is 4.63. The van der Waals surface area contributed by atoms with Crippen molar-refractivity contribution in [1.82, 2.24) is 0 Å². The summed E-state index contributed by atoms with van der Waals surface area (Å²) in [7, 11) is 0. The first kappa shape index (κ1) is 9.94. The number of nitro groups is 1. The van der Waals surface area contributed by atoms with Crippen molar-refractivity contribution in [2.24, 2.45) is 0 Å². The quantitative estimate of drug-likeness (QED) is 0.572. The van der Waals surface area contributed by atoms with Crippen LogP contribution in [0.3, 0.4) is 0 Å². The Labute approximate surface area is 79.2 Å². The number of aliphatic hydroxyl groups is 1. The second-order valence-electron chi connectivity index (χ2n) is 2.62. The van der Waals surface area contributed by atoms with Gasteiger partial charge in [0.25, 0.3) is 0 Å². The lowest BCUT2D eigenvalue weighted by Gasteiger charge is -2.04. The zero-order chi connectivity index (χ0) is 9.84. The zero-order valence-electron chi connectivity index (χ0n) is 7.06. The normalized spacial score (nSPS) is 12.5. The molecule has 0 spiro atoms. The van der Waals surface area contributed by atoms with Gasteiger partial charge in [0.2, 0.25) is 0 Å². The van der Waals surface area contributed by atoms with Crippen molar-refractivity contribution in [3.05, 3.63) is 21.6 Å². The second kappa shape index (κ2) is 4.20. The maximum atomic E-state index is 10.4. The van der Waals surface area contributed by atoms with Crippen molar-refractivity contribution in [2.75, 3.05) is 11.9 Å². The Morgan fingerprint density at radius 2 is 2.54 bits per heavy atom. The number of nitrogens with one attached hydrogen (secondary N) is 1. The Balaban J connectivity index is 2.65. The van der Waals surface area contributed by atoms with E-state index < -0.39 is 11.0 Å². The van der Waals surface area contributed by atoms with Crippen molar-refractivity contribution in [3.63, 3.8) is 0 Å². The summed E-state index contributed by atoms with van der Waals surface area (Å²) in [5, 5.41) is 24.3. The molecule has 0 aromatic carbocycles. The molecule has 0 aliphatic carbocycles. The zero-order valence-corrected chi connectivity index (χ0v) is 7.87. The summed E-state index contributed by atoms with van der Waals surface area (Å²) in [4.78, 5) is 9.99. The molecule has 0 saturated heterocycles. The maximum absolute atomic E-state index is 10.4. The van der Waals surface area contributed by atoms with Crippen LogP contribution in [0.5, 0.6) is 0 Å². The predicted octanol–water partition coefficient (Wildman–Crippen LogP) is 1.45. The van der Waals surface area contributed by atoms with Gasteiger partial charge in [-0.05, 0) is 12.3 Å². The molecule has 0 saturated carbocycles. The molecule has 1 heterocycles. The summed E-state index contributed by atoms with van der Waals surface area (Å²) in [6, 6.07) is 1.44. The van der Waals surface area contributed by atoms with Crippen molar-refractivity contribution in [2.45, 2.75) is 13.0 Å². The Bertz CT molecular complexity index is 298. The van der Waals surface area contributed by atoms with E-state index in [0.717, 1.165) is 0 Å². The highest BCUT2D eigenvalue weighted by atomic mass is 32.1. The molecule has 0 aliphatic heterocycles. The molecule has 0 aliphatic rings. The maximum Gasteiger partial charge on any atom is 0.303 e. The minimum Gasteiger partial charge on any atom is -0.392 e. The molecule has 0 radical (unpaired) electrons. The van der Waals surface area contributed by atoms with E-state index in [9.17, 15) is 10.1 Å². The highest BCUT2D eigenvalue weighted by Crippen LogP contribution is 2.29. The third-order valence-corrected chi connectivity index (χ3v) is 2.26. The lowest BCUT2D eigenvalue weighted by atomic mass is 10.4. The van der Waals surface area contributed by atoms with Crippen LogP contribution in [0.2, 0.25) is 0 Å². The van der Waals surface area contributed by atoms with Crippen molar-refractivity contribution >= 4 is 22.0 Å². The smallest absolute Gasteiger partial charge is 0.303 e. The molecule has 72 valence electrons. The van der Waals surface area contributed by atoms with Crippen LogP contribution in [-0.2, 0) is 0 Å². The highest BCUT2D eigenvalue weighted by molar-refractivity contribution is 7.14. The molecular formula is C7H10N2O3S. The van der Waals surface area contributed by atoms with Crippen LogP contribution in [0.25, 0.3) is 0 Å². The SMILES string of the molecule is C[C@H](O)CNc1sccc1[N+](=O)[O-]. The monoisotopic (exact) mass is 202 g/mol. The Morgan fingerprint density at radius 1 is 1.85 bits per heavy atom. The van der Waals surface area contributed by atoms with Gasteiger partial charge in [-0.2, -0.15) is 0 Å². The van der Waals surface area contributed by atoms with Gasteiger partial charge in [-0.15, -0.1) is 11.3 Å². The number of rotatable bonds is 4. The fourth-order valence-corrected chi connectivity index (χ4v) is 1.58. The topological polar surface area (TPSA) is 75.4 Å². The summed E-state index contributed by atoms with van der Waals surface area (Å²) in [6.07, 6.45) is -0.512. The number of nitrogens with zero attached hydrogens (tertiary/aromatic N) is 1. The fraction of sp³-hybridized carbons (Fsp3) is 0.429. The van der Waals surface area contributed by atoms with Crippen LogP contribution in [0.15, 0.2) is 11.4 Å². The molecule has 1 rings (SSSR count). The predicted molar refractivity (Wildman–Crippen MR) is 51.1 cm³/mol. The van der Waals surface area contributed by atoms with E-state index in [1.165, 1.54) is 17.4 Å². The first-order valence-electron chi connectivity index (χ1n) is 3.75. The average molecular weight is 202 g/mol. The van der Waals surface area contributed by atoms with Crippen LogP contribution in [-0.4, -0.2) is 22.7 Å². The van der Waals surface area contributed by atoms with Gasteiger partial charge in [0.05, 0.1) is 11.0 Å². The van der Waals surface area contributed by atoms with Crippen LogP contribution < -0.4 is 5.32 Å². The standard InChI is InChI=1S/C7H10N2O3S/c1-5(10)4-8-7-6(9(11)12)2-3-13-7/h2-3,5,8,10H,4H2,1H3/t5-/m0/s1. The first-order chi connectivity index (χ1) is 6.11. The van der Waals surface area contributed by atoms with Crippen LogP contribution in [0.4, 0.5) is 10.7 Å². The Kier molecular flexibility index (Phi) is 3.21. The van der Waals surface area contributed by atoms with Crippen molar-refractivity contribution in [1.29, 1.82) is 0 Å². The molecule has 6 heteroatoms. The molecule has 2 N–H and O–H groups in total. The van der Waals surface area contributed by atoms with Gasteiger partial charge in [0.15, 0.2) is 5.00 Å². The summed E-state index contributed by atoms with van der Waals surface area (Å²) in [5.41, 5.74) is 0.0608. The lowest BCUT2D eigenvalue weighted by molar-refractivity contribution is -0.383. The van der Waals surface area contributed by atoms with E-state index in [-0.39, 0.29) is 5.69 Å². The number of aliphatic hydroxyl groups excluding tert-OH is 1. The highest BCUT2D eigenvalue weighted by Gasteiger charge is 2.14. The molecule has 1 aromatic rings. The van der Waals surface area contributed by atoms with E-state index in [2.05, 4.69) is 5.32 Å². The second-order valence-corrected chi connectivity index (χ2v) is 3.54. The van der Waals surface area contributed by atoms with E-state index in [0.29, 0.717) is 11.5 Å². The third-order valence-electron chi connectivity index (χ3n) is 1.40. The van der Waals surface area contributed by atoms with Gasteiger partial charge in [-0.1, -0.05) is 0 Å². The summed E-state index contributed by atoms with van der Waals surface area (Å²) in [6.45, 7) is 1.94. The molecule has 13 heavy (non-hydrogen) atoms. The number of hydrogen-bond donors (Lipinski definition) is 2. The van der Waals surface area contributed by atoms with Gasteiger partial charge >= 0.3 is 5.69 Å². The average Bonchev–Trinajstić information content (AvgIpc) is 2.47. The minimum absolute atomic E-state index is 0.0608. The van der Waals surface area contributed by atoms with Crippen LogP contribution >= 0.6 is 11.3 Å². The minimum atomic E-state index is -0.512. The van der Waals surface area contributed by atoms with Gasteiger partial charge < -0.3 is 10.4 Å². The van der Waals surface area contributed by atoms with Crippen LogP contribution in [0, 0.1) is 10.1 Å². The Hall–Kier alpha value is -1.14. The third kappa shape index (κ3) is 2.67. The van der Waals surface area contributed by atoms with Gasteiger partial charge in [0, 0.05) is 12.6 Å². The molecule has 0 bridgehead atoms. The molecular weight excluding hydrogens is 192 g/mol. The van der Waals surface area contributed by atoms with E-state index >= 15 is 0 Å². The van der Waals surface area contributed by atoms with Gasteiger partial charge in [0.1, 0.15) is 0 Å². The van der Waals surface area contributed by atoms with E-state index in [4.69, 9.17) is 5.11 Å². The van der Waals surface area contributed by atoms with Gasteiger partial charge in [-0.25, -0.2) is 0 Å². The number of anilines is 1. The van der Waals surface area contributed by atoms with Gasteiger partial charge in [-0.3, -0.25) is 10.1 Å². The van der Waals surface area contributed by atoms with E-state index in [1.54, 1.807) is 12.3 Å². The van der Waals surface area contributed by atoms with Crippen LogP contribution in [0.1, 0.15) is 6.92 Å². The van der Waals surface area contributed by atoms with Crippen molar-refractivity contribution < 1.29 is 10.0 Å².